The summed E-state index contributed by atoms with van der Waals surface area (Å²) in [6, 6.07) is -0.611. The van der Waals surface area contributed by atoms with Crippen LogP contribution in [0, 0.1) is 13.8 Å². The van der Waals surface area contributed by atoms with E-state index in [1.165, 1.54) is 0 Å². The number of hydrogen-bond acceptors (Lipinski definition) is 6. The summed E-state index contributed by atoms with van der Waals surface area (Å²) in [5, 5.41) is 6.94. The summed E-state index contributed by atoms with van der Waals surface area (Å²) >= 11 is 1.59. The molecule has 0 radical (unpaired) electrons. The molecule has 2 atom stereocenters. The number of aromatic nitrogens is 2. The first kappa shape index (κ1) is 17.8. The van der Waals surface area contributed by atoms with Gasteiger partial charge in [-0.1, -0.05) is 0 Å². The summed E-state index contributed by atoms with van der Waals surface area (Å²) < 4.78 is 6.84. The molecule has 9 heteroatoms. The fourth-order valence-corrected chi connectivity index (χ4v) is 4.77. The first-order chi connectivity index (χ1) is 11.7. The summed E-state index contributed by atoms with van der Waals surface area (Å²) in [5.74, 6) is -0.473. The van der Waals surface area contributed by atoms with Gasteiger partial charge in [0.25, 0.3) is 5.91 Å². The van der Waals surface area contributed by atoms with Gasteiger partial charge in [0, 0.05) is 19.2 Å². The zero-order valence-electron chi connectivity index (χ0n) is 14.8. The van der Waals surface area contributed by atoms with Crippen LogP contribution in [0.5, 0.6) is 0 Å². The molecule has 3 heterocycles. The Morgan fingerprint density at radius 3 is 2.80 bits per heavy atom. The SMILES string of the molecule is Cc1nn(C)c(C)c1NC(=O)COC(=O)[C@H]1CS[C@@]2(C)CCC(=O)N12. The Morgan fingerprint density at radius 2 is 2.16 bits per heavy atom. The third-order valence-electron chi connectivity index (χ3n) is 4.84. The highest BCUT2D eigenvalue weighted by Crippen LogP contribution is 2.47. The van der Waals surface area contributed by atoms with Gasteiger partial charge in [-0.15, -0.1) is 11.8 Å². The van der Waals surface area contributed by atoms with Crippen LogP contribution >= 0.6 is 11.8 Å². The molecule has 0 aromatic carbocycles. The molecule has 1 N–H and O–H groups in total. The van der Waals surface area contributed by atoms with Crippen molar-refractivity contribution in [3.8, 4) is 0 Å². The molecule has 2 aliphatic heterocycles. The smallest absolute Gasteiger partial charge is 0.330 e. The largest absolute Gasteiger partial charge is 0.454 e. The number of nitrogens with zero attached hydrogens (tertiary/aromatic N) is 3. The van der Waals surface area contributed by atoms with Crippen molar-refractivity contribution < 1.29 is 19.1 Å². The van der Waals surface area contributed by atoms with E-state index in [2.05, 4.69) is 10.4 Å². The number of carbonyl (C=O) groups excluding carboxylic acids is 3. The topological polar surface area (TPSA) is 93.5 Å². The number of thioether (sulfide) groups is 1. The molecule has 3 rings (SSSR count). The van der Waals surface area contributed by atoms with E-state index in [-0.39, 0.29) is 17.4 Å². The summed E-state index contributed by atoms with van der Waals surface area (Å²) in [6.07, 6.45) is 1.19. The van der Waals surface area contributed by atoms with Gasteiger partial charge in [-0.3, -0.25) is 14.3 Å². The second-order valence-corrected chi connectivity index (χ2v) is 8.09. The van der Waals surface area contributed by atoms with Crippen molar-refractivity contribution in [1.29, 1.82) is 0 Å². The molecule has 0 unspecified atom stereocenters. The second-order valence-electron chi connectivity index (χ2n) is 6.59. The highest BCUT2D eigenvalue weighted by Gasteiger charge is 2.53. The van der Waals surface area contributed by atoms with Gasteiger partial charge in [0.05, 0.1) is 21.9 Å². The van der Waals surface area contributed by atoms with Gasteiger partial charge in [0.1, 0.15) is 6.04 Å². The van der Waals surface area contributed by atoms with Crippen LogP contribution < -0.4 is 5.32 Å². The Morgan fingerprint density at radius 1 is 1.44 bits per heavy atom. The van der Waals surface area contributed by atoms with Crippen molar-refractivity contribution in [3.05, 3.63) is 11.4 Å². The van der Waals surface area contributed by atoms with Crippen LogP contribution in [0.4, 0.5) is 5.69 Å². The molecule has 2 saturated heterocycles. The van der Waals surface area contributed by atoms with Crippen molar-refractivity contribution in [2.45, 2.75) is 44.5 Å². The lowest BCUT2D eigenvalue weighted by molar-refractivity contribution is -0.155. The Kier molecular flexibility index (Phi) is 4.52. The molecule has 1 aromatic rings. The minimum absolute atomic E-state index is 0.0273. The Labute approximate surface area is 150 Å². The molecule has 8 nitrogen and oxygen atoms in total. The van der Waals surface area contributed by atoms with Crippen LogP contribution in [0.1, 0.15) is 31.2 Å². The van der Waals surface area contributed by atoms with E-state index in [4.69, 9.17) is 4.74 Å². The normalized spacial score (nSPS) is 25.2. The first-order valence-corrected chi connectivity index (χ1v) is 9.14. The van der Waals surface area contributed by atoms with Gasteiger partial charge >= 0.3 is 5.97 Å². The van der Waals surface area contributed by atoms with Crippen molar-refractivity contribution in [1.82, 2.24) is 14.7 Å². The van der Waals surface area contributed by atoms with E-state index in [1.807, 2.05) is 13.8 Å². The molecule has 0 spiro atoms. The molecule has 2 aliphatic rings. The minimum atomic E-state index is -0.611. The van der Waals surface area contributed by atoms with E-state index in [9.17, 15) is 14.4 Å². The molecule has 2 fully saturated rings. The maximum absolute atomic E-state index is 12.3. The maximum Gasteiger partial charge on any atom is 0.330 e. The highest BCUT2D eigenvalue weighted by atomic mass is 32.2. The van der Waals surface area contributed by atoms with E-state index in [0.29, 0.717) is 23.6 Å². The molecule has 2 amide bonds. The lowest BCUT2D eigenvalue weighted by Crippen LogP contribution is -2.47. The molecular formula is C16H22N4O4S. The van der Waals surface area contributed by atoms with Gasteiger partial charge < -0.3 is 15.0 Å². The fraction of sp³-hybridized carbons (Fsp3) is 0.625. The number of anilines is 1. The lowest BCUT2D eigenvalue weighted by atomic mass is 10.2. The van der Waals surface area contributed by atoms with E-state index < -0.39 is 17.9 Å². The van der Waals surface area contributed by atoms with Crippen LogP contribution in [-0.4, -0.2) is 55.7 Å². The highest BCUT2D eigenvalue weighted by molar-refractivity contribution is 8.01. The third-order valence-corrected chi connectivity index (χ3v) is 6.34. The number of hydrogen-bond donors (Lipinski definition) is 1. The number of rotatable bonds is 4. The van der Waals surface area contributed by atoms with Crippen molar-refractivity contribution in [2.75, 3.05) is 17.7 Å². The Hall–Kier alpha value is -2.03. The van der Waals surface area contributed by atoms with Gasteiger partial charge in [-0.2, -0.15) is 5.10 Å². The average Bonchev–Trinajstić information content (AvgIpc) is 3.13. The summed E-state index contributed by atoms with van der Waals surface area (Å²) in [5.41, 5.74) is 2.15. The molecule has 136 valence electrons. The van der Waals surface area contributed by atoms with Crippen LogP contribution in [0.15, 0.2) is 0 Å². The van der Waals surface area contributed by atoms with Crippen LogP contribution in [-0.2, 0) is 26.2 Å². The lowest BCUT2D eigenvalue weighted by Gasteiger charge is -2.29. The number of carbonyl (C=O) groups is 3. The fourth-order valence-electron chi connectivity index (χ4n) is 3.36. The van der Waals surface area contributed by atoms with Crippen molar-refractivity contribution in [3.63, 3.8) is 0 Å². The number of esters is 1. The number of ether oxygens (including phenoxy) is 1. The summed E-state index contributed by atoms with van der Waals surface area (Å²) in [4.78, 5) is 37.8. The van der Waals surface area contributed by atoms with E-state index in [0.717, 1.165) is 12.1 Å². The third kappa shape index (κ3) is 3.12. The van der Waals surface area contributed by atoms with E-state index >= 15 is 0 Å². The molecule has 25 heavy (non-hydrogen) atoms. The quantitative estimate of drug-likeness (QED) is 0.798. The number of fused-ring (bicyclic) bond motifs is 1. The molecule has 0 bridgehead atoms. The summed E-state index contributed by atoms with van der Waals surface area (Å²) in [6.45, 7) is 5.23. The molecular weight excluding hydrogens is 344 g/mol. The van der Waals surface area contributed by atoms with Gasteiger partial charge in [-0.25, -0.2) is 4.79 Å². The monoisotopic (exact) mass is 366 g/mol. The average molecular weight is 366 g/mol. The minimum Gasteiger partial charge on any atom is -0.454 e. The van der Waals surface area contributed by atoms with Crippen molar-refractivity contribution >= 4 is 35.2 Å². The van der Waals surface area contributed by atoms with Crippen LogP contribution in [0.25, 0.3) is 0 Å². The Balaban J connectivity index is 1.57. The van der Waals surface area contributed by atoms with Crippen molar-refractivity contribution in [2.24, 2.45) is 7.05 Å². The Bertz CT molecular complexity index is 747. The van der Waals surface area contributed by atoms with Gasteiger partial charge in [0.2, 0.25) is 5.91 Å². The maximum atomic E-state index is 12.3. The first-order valence-electron chi connectivity index (χ1n) is 8.16. The van der Waals surface area contributed by atoms with E-state index in [1.54, 1.807) is 35.3 Å². The zero-order valence-corrected chi connectivity index (χ0v) is 15.6. The molecule has 1 aromatic heterocycles. The molecule has 0 saturated carbocycles. The predicted octanol–water partition coefficient (Wildman–Crippen LogP) is 0.973. The zero-order chi connectivity index (χ0) is 18.4. The predicted molar refractivity (Wildman–Crippen MR) is 93.0 cm³/mol. The van der Waals surface area contributed by atoms with Crippen LogP contribution in [0.2, 0.25) is 0 Å². The number of nitrogens with one attached hydrogen (secondary N) is 1. The number of amides is 2. The summed E-state index contributed by atoms with van der Waals surface area (Å²) in [7, 11) is 1.79. The van der Waals surface area contributed by atoms with Gasteiger partial charge in [-0.05, 0) is 27.2 Å². The standard InChI is InChI=1S/C16H22N4O4S/c1-9-14(10(2)19(4)18-9)17-12(21)7-24-15(23)11-8-25-16(3)6-5-13(22)20(11)16/h11H,5-8H2,1-4H3,(H,17,21)/t11-,16+/m1/s1. The second kappa shape index (κ2) is 6.36. The molecule has 0 aliphatic carbocycles. The number of aryl methyl sites for hydroxylation is 2. The van der Waals surface area contributed by atoms with Crippen LogP contribution in [0.3, 0.4) is 0 Å². The van der Waals surface area contributed by atoms with Gasteiger partial charge in [0.15, 0.2) is 6.61 Å².